The molecule has 2 rings (SSSR count). The Kier molecular flexibility index (Phi) is 4.47. The van der Waals surface area contributed by atoms with E-state index in [9.17, 15) is 9.59 Å². The van der Waals surface area contributed by atoms with Crippen molar-refractivity contribution in [1.29, 1.82) is 0 Å². The van der Waals surface area contributed by atoms with E-state index in [1.165, 1.54) is 0 Å². The third-order valence-corrected chi connectivity index (χ3v) is 4.09. The molecule has 0 spiro atoms. The van der Waals surface area contributed by atoms with Gasteiger partial charge in [0.25, 0.3) is 0 Å². The Bertz CT molecular complexity index is 469. The average Bonchev–Trinajstić information content (AvgIpc) is 2.95. The summed E-state index contributed by atoms with van der Waals surface area (Å²) in [5.41, 5.74) is 0. The van der Waals surface area contributed by atoms with E-state index in [1.807, 2.05) is 26.0 Å². The molecule has 3 unspecified atom stereocenters. The van der Waals surface area contributed by atoms with Gasteiger partial charge >= 0.3 is 0 Å². The zero-order chi connectivity index (χ0) is 14.7. The van der Waals surface area contributed by atoms with E-state index in [4.69, 9.17) is 4.42 Å². The lowest BCUT2D eigenvalue weighted by molar-refractivity contribution is -0.150. The van der Waals surface area contributed by atoms with Crippen LogP contribution >= 0.6 is 0 Å². The third-order valence-electron chi connectivity index (χ3n) is 4.09. The zero-order valence-corrected chi connectivity index (χ0v) is 12.3. The van der Waals surface area contributed by atoms with Gasteiger partial charge in [0.2, 0.25) is 11.8 Å². The van der Waals surface area contributed by atoms with E-state index in [1.54, 1.807) is 18.1 Å². The molecule has 0 radical (unpaired) electrons. The molecule has 2 amide bonds. The molecule has 1 aromatic rings. The highest BCUT2D eigenvalue weighted by molar-refractivity contribution is 5.96. The number of nitrogens with zero attached hydrogens (tertiary/aromatic N) is 1. The summed E-state index contributed by atoms with van der Waals surface area (Å²) in [4.78, 5) is 26.2. The van der Waals surface area contributed by atoms with E-state index in [-0.39, 0.29) is 17.7 Å². The molecule has 110 valence electrons. The highest BCUT2D eigenvalue weighted by atomic mass is 16.3. The molecule has 1 N–H and O–H groups in total. The minimum atomic E-state index is -0.419. The van der Waals surface area contributed by atoms with Crippen molar-refractivity contribution in [2.75, 3.05) is 6.54 Å². The number of hydrogen-bond acceptors (Lipinski definition) is 3. The van der Waals surface area contributed by atoms with E-state index in [0.717, 1.165) is 12.2 Å². The van der Waals surface area contributed by atoms with Crippen molar-refractivity contribution in [1.82, 2.24) is 10.2 Å². The maximum atomic E-state index is 12.5. The molecule has 1 aliphatic heterocycles. The van der Waals surface area contributed by atoms with Crippen molar-refractivity contribution in [2.24, 2.45) is 5.92 Å². The first-order valence-corrected chi connectivity index (χ1v) is 7.17. The fourth-order valence-electron chi connectivity index (χ4n) is 2.46. The maximum absolute atomic E-state index is 12.5. The fourth-order valence-corrected chi connectivity index (χ4v) is 2.46. The smallest absolute Gasteiger partial charge is 0.246 e. The van der Waals surface area contributed by atoms with Crippen LogP contribution in [-0.4, -0.2) is 35.3 Å². The Hall–Kier alpha value is -1.78. The normalized spacial score (nSPS) is 24.6. The van der Waals surface area contributed by atoms with Gasteiger partial charge in [0.1, 0.15) is 17.8 Å². The van der Waals surface area contributed by atoms with Gasteiger partial charge in [-0.15, -0.1) is 0 Å². The van der Waals surface area contributed by atoms with Crippen molar-refractivity contribution in [3.05, 3.63) is 24.2 Å². The van der Waals surface area contributed by atoms with Gasteiger partial charge in [0.15, 0.2) is 0 Å². The van der Waals surface area contributed by atoms with Crippen LogP contribution in [0.3, 0.4) is 0 Å². The highest BCUT2D eigenvalue weighted by Gasteiger charge is 2.39. The quantitative estimate of drug-likeness (QED) is 0.889. The molecule has 1 aromatic heterocycles. The van der Waals surface area contributed by atoms with Crippen LogP contribution in [0.15, 0.2) is 22.8 Å². The van der Waals surface area contributed by atoms with Gasteiger partial charge in [-0.25, -0.2) is 0 Å². The topological polar surface area (TPSA) is 62.6 Å². The van der Waals surface area contributed by atoms with Crippen LogP contribution in [0.1, 0.15) is 33.0 Å². The van der Waals surface area contributed by atoms with Crippen molar-refractivity contribution in [3.63, 3.8) is 0 Å². The van der Waals surface area contributed by atoms with E-state index >= 15 is 0 Å². The lowest BCUT2D eigenvalue weighted by atomic mass is 9.94. The number of rotatable bonds is 5. The van der Waals surface area contributed by atoms with Crippen molar-refractivity contribution in [2.45, 2.75) is 45.7 Å². The minimum Gasteiger partial charge on any atom is -0.469 e. The Morgan fingerprint density at radius 2 is 2.20 bits per heavy atom. The number of furan rings is 1. The van der Waals surface area contributed by atoms with Crippen molar-refractivity contribution >= 4 is 11.8 Å². The second-order valence-electron chi connectivity index (χ2n) is 5.41. The molecule has 3 atom stereocenters. The average molecular weight is 278 g/mol. The Labute approximate surface area is 119 Å². The van der Waals surface area contributed by atoms with Crippen LogP contribution in [0.25, 0.3) is 0 Å². The second-order valence-corrected chi connectivity index (χ2v) is 5.41. The summed E-state index contributed by atoms with van der Waals surface area (Å²) in [5.74, 6) is 0.911. The fraction of sp³-hybridized carbons (Fsp3) is 0.600. The highest BCUT2D eigenvalue weighted by Crippen LogP contribution is 2.18. The van der Waals surface area contributed by atoms with Crippen LogP contribution in [0.2, 0.25) is 0 Å². The van der Waals surface area contributed by atoms with Crippen molar-refractivity contribution in [3.8, 4) is 0 Å². The van der Waals surface area contributed by atoms with Crippen molar-refractivity contribution < 1.29 is 14.0 Å². The molecule has 0 aliphatic carbocycles. The molecule has 1 fully saturated rings. The van der Waals surface area contributed by atoms with Crippen LogP contribution in [0.4, 0.5) is 0 Å². The molecule has 1 aliphatic rings. The van der Waals surface area contributed by atoms with Gasteiger partial charge in [-0.05, 0) is 25.0 Å². The standard InChI is InChI=1S/C15H22N2O3/c1-4-10(2)13-15(19)17(11(3)14(18)16-13)8-7-12-6-5-9-20-12/h5-6,9-11,13H,4,7-8H2,1-3H3,(H,16,18). The Balaban J connectivity index is 2.07. The van der Waals surface area contributed by atoms with Crippen LogP contribution in [0.5, 0.6) is 0 Å². The summed E-state index contributed by atoms with van der Waals surface area (Å²) in [6, 6.07) is 2.88. The van der Waals surface area contributed by atoms with E-state index in [2.05, 4.69) is 5.32 Å². The first-order chi connectivity index (χ1) is 9.54. The predicted octanol–water partition coefficient (Wildman–Crippen LogP) is 1.58. The predicted molar refractivity (Wildman–Crippen MR) is 75.0 cm³/mol. The lowest BCUT2D eigenvalue weighted by Gasteiger charge is -2.39. The summed E-state index contributed by atoms with van der Waals surface area (Å²) in [7, 11) is 0. The van der Waals surface area contributed by atoms with Crippen LogP contribution in [-0.2, 0) is 16.0 Å². The number of nitrogens with one attached hydrogen (secondary N) is 1. The zero-order valence-electron chi connectivity index (χ0n) is 12.3. The molecule has 2 heterocycles. The summed E-state index contributed by atoms with van der Waals surface area (Å²) in [6.07, 6.45) is 3.10. The number of amides is 2. The van der Waals surface area contributed by atoms with E-state index in [0.29, 0.717) is 13.0 Å². The maximum Gasteiger partial charge on any atom is 0.246 e. The molecule has 1 saturated heterocycles. The molecule has 0 saturated carbocycles. The lowest BCUT2D eigenvalue weighted by Crippen LogP contribution is -2.64. The first-order valence-electron chi connectivity index (χ1n) is 7.17. The Morgan fingerprint density at radius 1 is 1.45 bits per heavy atom. The number of carbonyl (C=O) groups is 2. The molecule has 0 bridgehead atoms. The SMILES string of the molecule is CCC(C)C1NC(=O)C(C)N(CCc2ccco2)C1=O. The molecule has 5 nitrogen and oxygen atoms in total. The first kappa shape index (κ1) is 14.6. The molecule has 20 heavy (non-hydrogen) atoms. The largest absolute Gasteiger partial charge is 0.469 e. The number of piperazine rings is 1. The second kappa shape index (κ2) is 6.11. The molecular weight excluding hydrogens is 256 g/mol. The van der Waals surface area contributed by atoms with E-state index < -0.39 is 12.1 Å². The molecule has 0 aromatic carbocycles. The summed E-state index contributed by atoms with van der Waals surface area (Å²) < 4.78 is 5.28. The monoisotopic (exact) mass is 278 g/mol. The minimum absolute atomic E-state index is 0.0120. The number of carbonyl (C=O) groups excluding carboxylic acids is 2. The van der Waals surface area contributed by atoms with Gasteiger partial charge in [-0.2, -0.15) is 0 Å². The Morgan fingerprint density at radius 3 is 2.80 bits per heavy atom. The van der Waals surface area contributed by atoms with Gasteiger partial charge < -0.3 is 14.6 Å². The van der Waals surface area contributed by atoms with Gasteiger partial charge in [-0.1, -0.05) is 20.3 Å². The molecular formula is C15H22N2O3. The van der Waals surface area contributed by atoms with Gasteiger partial charge in [-0.3, -0.25) is 9.59 Å². The third kappa shape index (κ3) is 2.86. The van der Waals surface area contributed by atoms with Gasteiger partial charge in [0.05, 0.1) is 6.26 Å². The summed E-state index contributed by atoms with van der Waals surface area (Å²) in [6.45, 7) is 6.29. The van der Waals surface area contributed by atoms with Crippen LogP contribution < -0.4 is 5.32 Å². The molecule has 5 heteroatoms. The number of hydrogen-bond donors (Lipinski definition) is 1. The van der Waals surface area contributed by atoms with Crippen LogP contribution in [0, 0.1) is 5.92 Å². The summed E-state index contributed by atoms with van der Waals surface area (Å²) in [5, 5.41) is 2.84. The summed E-state index contributed by atoms with van der Waals surface area (Å²) >= 11 is 0. The van der Waals surface area contributed by atoms with Gasteiger partial charge in [0, 0.05) is 13.0 Å².